The minimum atomic E-state index is -0.925. The lowest BCUT2D eigenvalue weighted by Gasteiger charge is -2.17. The summed E-state index contributed by atoms with van der Waals surface area (Å²) in [6.45, 7) is 0.645. The van der Waals surface area contributed by atoms with Crippen molar-refractivity contribution >= 4 is 11.6 Å². The van der Waals surface area contributed by atoms with Crippen molar-refractivity contribution in [3.05, 3.63) is 29.3 Å². The van der Waals surface area contributed by atoms with Gasteiger partial charge in [0, 0.05) is 26.8 Å². The largest absolute Gasteiger partial charge is 0.396 e. The number of rotatable bonds is 4. The summed E-state index contributed by atoms with van der Waals surface area (Å²) < 4.78 is 31.1. The van der Waals surface area contributed by atoms with E-state index in [2.05, 4.69) is 0 Å². The number of anilines is 1. The molecule has 0 bridgehead atoms. The van der Waals surface area contributed by atoms with Crippen LogP contribution in [-0.4, -0.2) is 38.1 Å². The molecule has 6 heteroatoms. The van der Waals surface area contributed by atoms with Crippen molar-refractivity contribution in [3.8, 4) is 0 Å². The fraction of sp³-hybridized carbons (Fsp3) is 0.364. The van der Waals surface area contributed by atoms with E-state index in [0.717, 1.165) is 6.07 Å². The second-order valence-corrected chi connectivity index (χ2v) is 3.57. The van der Waals surface area contributed by atoms with Gasteiger partial charge in [-0.1, -0.05) is 0 Å². The van der Waals surface area contributed by atoms with Crippen LogP contribution in [0.2, 0.25) is 0 Å². The Balaban J connectivity index is 2.92. The number of benzene rings is 1. The van der Waals surface area contributed by atoms with Crippen LogP contribution in [0.1, 0.15) is 10.4 Å². The summed E-state index contributed by atoms with van der Waals surface area (Å²) in [5.41, 5.74) is 4.79. The molecular weight excluding hydrogens is 230 g/mol. The first-order valence-electron chi connectivity index (χ1n) is 4.96. The Morgan fingerprint density at radius 2 is 2.06 bits per heavy atom. The fourth-order valence-electron chi connectivity index (χ4n) is 1.27. The van der Waals surface area contributed by atoms with Crippen LogP contribution in [0.5, 0.6) is 0 Å². The molecule has 0 saturated heterocycles. The zero-order valence-electron chi connectivity index (χ0n) is 9.67. The molecule has 1 rings (SSSR count). The van der Waals surface area contributed by atoms with Crippen LogP contribution in [0.15, 0.2) is 12.1 Å². The van der Waals surface area contributed by atoms with Gasteiger partial charge in [-0.15, -0.1) is 0 Å². The van der Waals surface area contributed by atoms with Crippen LogP contribution in [-0.2, 0) is 4.74 Å². The average molecular weight is 244 g/mol. The van der Waals surface area contributed by atoms with E-state index in [4.69, 9.17) is 10.5 Å². The lowest BCUT2D eigenvalue weighted by molar-refractivity contribution is 0.0739. The van der Waals surface area contributed by atoms with Gasteiger partial charge >= 0.3 is 0 Å². The fourth-order valence-corrected chi connectivity index (χ4v) is 1.27. The summed E-state index contributed by atoms with van der Waals surface area (Å²) in [7, 11) is 3.00. The first-order chi connectivity index (χ1) is 7.97. The van der Waals surface area contributed by atoms with E-state index in [1.54, 1.807) is 0 Å². The predicted molar refractivity (Wildman–Crippen MR) is 59.6 cm³/mol. The number of ether oxygens (including phenoxy) is 1. The molecule has 0 aliphatic heterocycles. The lowest BCUT2D eigenvalue weighted by Crippen LogP contribution is -2.30. The number of nitrogens with zero attached hydrogens (tertiary/aromatic N) is 1. The molecule has 0 saturated carbocycles. The van der Waals surface area contributed by atoms with Gasteiger partial charge in [0.1, 0.15) is 11.6 Å². The molecule has 1 aromatic rings. The summed E-state index contributed by atoms with van der Waals surface area (Å²) in [5.74, 6) is -2.36. The van der Waals surface area contributed by atoms with Gasteiger partial charge in [0.05, 0.1) is 17.9 Å². The van der Waals surface area contributed by atoms with Gasteiger partial charge in [0.15, 0.2) is 0 Å². The Hall–Kier alpha value is -1.69. The first-order valence-corrected chi connectivity index (χ1v) is 4.96. The van der Waals surface area contributed by atoms with Gasteiger partial charge in [-0.3, -0.25) is 4.79 Å². The van der Waals surface area contributed by atoms with Crippen LogP contribution < -0.4 is 5.73 Å². The highest BCUT2D eigenvalue weighted by Crippen LogP contribution is 2.17. The van der Waals surface area contributed by atoms with Crippen molar-refractivity contribution in [3.63, 3.8) is 0 Å². The SMILES string of the molecule is COCCN(C)C(=O)c1cc(N)c(F)cc1F. The summed E-state index contributed by atoms with van der Waals surface area (Å²) in [6.07, 6.45) is 0. The Morgan fingerprint density at radius 1 is 1.41 bits per heavy atom. The Kier molecular flexibility index (Phi) is 4.39. The van der Waals surface area contributed by atoms with Gasteiger partial charge in [-0.05, 0) is 6.07 Å². The third-order valence-electron chi connectivity index (χ3n) is 2.29. The number of nitrogen functional groups attached to an aromatic ring is 1. The molecular formula is C11H14F2N2O2. The number of hydrogen-bond donors (Lipinski definition) is 1. The minimum Gasteiger partial charge on any atom is -0.396 e. The molecule has 0 radical (unpaired) electrons. The highest BCUT2D eigenvalue weighted by molar-refractivity contribution is 5.95. The summed E-state index contributed by atoms with van der Waals surface area (Å²) in [4.78, 5) is 13.1. The van der Waals surface area contributed by atoms with E-state index in [9.17, 15) is 13.6 Å². The van der Waals surface area contributed by atoms with E-state index < -0.39 is 17.5 Å². The Labute approximate surface area is 98.0 Å². The van der Waals surface area contributed by atoms with Gasteiger partial charge < -0.3 is 15.4 Å². The molecule has 0 aliphatic rings. The van der Waals surface area contributed by atoms with Gasteiger partial charge in [-0.2, -0.15) is 0 Å². The number of halogens is 2. The third kappa shape index (κ3) is 3.13. The topological polar surface area (TPSA) is 55.6 Å². The molecule has 0 atom stereocenters. The van der Waals surface area contributed by atoms with Crippen LogP contribution in [0.25, 0.3) is 0 Å². The standard InChI is InChI=1S/C11H14F2N2O2/c1-15(3-4-17-2)11(16)7-5-10(14)9(13)6-8(7)12/h5-6H,3-4,14H2,1-2H3. The number of hydrogen-bond acceptors (Lipinski definition) is 3. The molecule has 0 aromatic heterocycles. The van der Waals surface area contributed by atoms with Crippen molar-refractivity contribution in [1.29, 1.82) is 0 Å². The van der Waals surface area contributed by atoms with E-state index in [1.165, 1.54) is 19.1 Å². The Bertz CT molecular complexity index is 424. The average Bonchev–Trinajstić information content (AvgIpc) is 2.29. The van der Waals surface area contributed by atoms with Crippen LogP contribution in [0.3, 0.4) is 0 Å². The zero-order valence-corrected chi connectivity index (χ0v) is 9.67. The number of likely N-dealkylation sites (N-methyl/N-ethyl adjacent to an activating group) is 1. The maximum absolute atomic E-state index is 13.4. The highest BCUT2D eigenvalue weighted by Gasteiger charge is 2.18. The molecule has 1 aromatic carbocycles. The summed E-state index contributed by atoms with van der Waals surface area (Å²) >= 11 is 0. The molecule has 0 unspecified atom stereocenters. The summed E-state index contributed by atoms with van der Waals surface area (Å²) in [6, 6.07) is 1.60. The van der Waals surface area contributed by atoms with Gasteiger partial charge in [0.25, 0.3) is 5.91 Å². The number of amides is 1. The number of nitrogens with two attached hydrogens (primary N) is 1. The number of carbonyl (C=O) groups excluding carboxylic acids is 1. The quantitative estimate of drug-likeness (QED) is 0.811. The van der Waals surface area contributed by atoms with E-state index in [1.807, 2.05) is 0 Å². The van der Waals surface area contributed by atoms with Crippen LogP contribution >= 0.6 is 0 Å². The van der Waals surface area contributed by atoms with Crippen molar-refractivity contribution in [1.82, 2.24) is 4.90 Å². The number of methoxy groups -OCH3 is 1. The van der Waals surface area contributed by atoms with Gasteiger partial charge in [-0.25, -0.2) is 8.78 Å². The van der Waals surface area contributed by atoms with E-state index in [0.29, 0.717) is 19.2 Å². The molecule has 0 fully saturated rings. The zero-order chi connectivity index (χ0) is 13.0. The van der Waals surface area contributed by atoms with Crippen molar-refractivity contribution in [2.24, 2.45) is 0 Å². The normalized spacial score (nSPS) is 10.4. The van der Waals surface area contributed by atoms with Crippen LogP contribution in [0, 0.1) is 11.6 Å². The second kappa shape index (κ2) is 5.58. The molecule has 2 N–H and O–H groups in total. The molecule has 0 aliphatic carbocycles. The Morgan fingerprint density at radius 3 is 2.65 bits per heavy atom. The van der Waals surface area contributed by atoms with Crippen molar-refractivity contribution in [2.75, 3.05) is 33.0 Å². The maximum atomic E-state index is 13.4. The van der Waals surface area contributed by atoms with Crippen molar-refractivity contribution < 1.29 is 18.3 Å². The second-order valence-electron chi connectivity index (χ2n) is 3.57. The maximum Gasteiger partial charge on any atom is 0.256 e. The smallest absolute Gasteiger partial charge is 0.256 e. The third-order valence-corrected chi connectivity index (χ3v) is 2.29. The van der Waals surface area contributed by atoms with E-state index >= 15 is 0 Å². The first kappa shape index (κ1) is 13.4. The molecule has 0 heterocycles. The highest BCUT2D eigenvalue weighted by atomic mass is 19.1. The molecule has 0 spiro atoms. The molecule has 94 valence electrons. The van der Waals surface area contributed by atoms with Crippen molar-refractivity contribution in [2.45, 2.75) is 0 Å². The number of carbonyl (C=O) groups is 1. The predicted octanol–water partition coefficient (Wildman–Crippen LogP) is 1.27. The monoisotopic (exact) mass is 244 g/mol. The van der Waals surface area contributed by atoms with Gasteiger partial charge in [0.2, 0.25) is 0 Å². The molecule has 4 nitrogen and oxygen atoms in total. The molecule has 1 amide bonds. The minimum absolute atomic E-state index is 0.248. The lowest BCUT2D eigenvalue weighted by atomic mass is 10.1. The van der Waals surface area contributed by atoms with E-state index in [-0.39, 0.29) is 11.3 Å². The van der Waals surface area contributed by atoms with Crippen LogP contribution in [0.4, 0.5) is 14.5 Å². The summed E-state index contributed by atoms with van der Waals surface area (Å²) in [5, 5.41) is 0. The molecule has 17 heavy (non-hydrogen) atoms.